The maximum Gasteiger partial charge on any atom is 0.323 e. The predicted molar refractivity (Wildman–Crippen MR) is 95.1 cm³/mol. The SMILES string of the molecule is CCOC(=O)C(C)N(C)C(c1ccccc1)c1cccc(OC)c1. The third-order valence-corrected chi connectivity index (χ3v) is 4.17. The molecule has 128 valence electrons. The molecule has 0 amide bonds. The Balaban J connectivity index is 2.41. The van der Waals surface area contributed by atoms with Crippen LogP contribution in [0.1, 0.15) is 31.0 Å². The van der Waals surface area contributed by atoms with Gasteiger partial charge in [0.2, 0.25) is 0 Å². The minimum Gasteiger partial charge on any atom is -0.497 e. The predicted octanol–water partition coefficient (Wildman–Crippen LogP) is 3.67. The van der Waals surface area contributed by atoms with E-state index in [-0.39, 0.29) is 18.1 Å². The fourth-order valence-corrected chi connectivity index (χ4v) is 2.76. The van der Waals surface area contributed by atoms with Crippen molar-refractivity contribution in [1.29, 1.82) is 0 Å². The van der Waals surface area contributed by atoms with Gasteiger partial charge in [-0.15, -0.1) is 0 Å². The van der Waals surface area contributed by atoms with Crippen molar-refractivity contribution in [2.24, 2.45) is 0 Å². The number of benzene rings is 2. The fourth-order valence-electron chi connectivity index (χ4n) is 2.76. The Labute approximate surface area is 144 Å². The van der Waals surface area contributed by atoms with Crippen molar-refractivity contribution >= 4 is 5.97 Å². The van der Waals surface area contributed by atoms with Crippen LogP contribution in [0.25, 0.3) is 0 Å². The first-order valence-corrected chi connectivity index (χ1v) is 8.16. The maximum atomic E-state index is 12.2. The molecule has 4 nitrogen and oxygen atoms in total. The molecular weight excluding hydrogens is 302 g/mol. The molecule has 0 aliphatic carbocycles. The van der Waals surface area contributed by atoms with Crippen LogP contribution < -0.4 is 4.74 Å². The van der Waals surface area contributed by atoms with Crippen LogP contribution in [0.4, 0.5) is 0 Å². The van der Waals surface area contributed by atoms with Gasteiger partial charge in [0.15, 0.2) is 0 Å². The van der Waals surface area contributed by atoms with Gasteiger partial charge in [-0.05, 0) is 44.2 Å². The van der Waals surface area contributed by atoms with Crippen LogP contribution in [0.2, 0.25) is 0 Å². The number of rotatable bonds is 7. The molecular formula is C20H25NO3. The number of methoxy groups -OCH3 is 1. The molecule has 0 N–H and O–H groups in total. The van der Waals surface area contributed by atoms with Gasteiger partial charge < -0.3 is 9.47 Å². The van der Waals surface area contributed by atoms with Gasteiger partial charge in [0.25, 0.3) is 0 Å². The van der Waals surface area contributed by atoms with E-state index >= 15 is 0 Å². The molecule has 0 saturated heterocycles. The summed E-state index contributed by atoms with van der Waals surface area (Å²) >= 11 is 0. The highest BCUT2D eigenvalue weighted by Gasteiger charge is 2.28. The van der Waals surface area contributed by atoms with Crippen LogP contribution in [0.3, 0.4) is 0 Å². The number of esters is 1. The lowest BCUT2D eigenvalue weighted by molar-refractivity contribution is -0.148. The zero-order chi connectivity index (χ0) is 17.5. The highest BCUT2D eigenvalue weighted by molar-refractivity contribution is 5.75. The van der Waals surface area contributed by atoms with Crippen molar-refractivity contribution in [2.45, 2.75) is 25.9 Å². The quantitative estimate of drug-likeness (QED) is 0.727. The van der Waals surface area contributed by atoms with Crippen LogP contribution in [0.15, 0.2) is 54.6 Å². The monoisotopic (exact) mass is 327 g/mol. The molecule has 0 aliphatic heterocycles. The zero-order valence-corrected chi connectivity index (χ0v) is 14.7. The van der Waals surface area contributed by atoms with Gasteiger partial charge in [-0.1, -0.05) is 42.5 Å². The minimum absolute atomic E-state index is 0.0688. The number of carbonyl (C=O) groups excluding carboxylic acids is 1. The molecule has 0 spiro atoms. The summed E-state index contributed by atoms with van der Waals surface area (Å²) in [6.07, 6.45) is 0. The number of nitrogens with zero attached hydrogens (tertiary/aromatic N) is 1. The summed E-state index contributed by atoms with van der Waals surface area (Å²) in [6.45, 7) is 4.07. The highest BCUT2D eigenvalue weighted by atomic mass is 16.5. The minimum atomic E-state index is -0.360. The Bertz CT molecular complexity index is 657. The summed E-state index contributed by atoms with van der Waals surface area (Å²) in [6, 6.07) is 17.6. The van der Waals surface area contributed by atoms with Crippen molar-refractivity contribution < 1.29 is 14.3 Å². The average Bonchev–Trinajstić information content (AvgIpc) is 2.62. The normalized spacial score (nSPS) is 13.4. The number of ether oxygens (including phenoxy) is 2. The first-order chi connectivity index (χ1) is 11.6. The smallest absolute Gasteiger partial charge is 0.323 e. The van der Waals surface area contributed by atoms with Gasteiger partial charge in [-0.2, -0.15) is 0 Å². The fraction of sp³-hybridized carbons (Fsp3) is 0.350. The molecule has 2 rings (SSSR count). The van der Waals surface area contributed by atoms with Crippen LogP contribution >= 0.6 is 0 Å². The third kappa shape index (κ3) is 4.15. The van der Waals surface area contributed by atoms with Crippen molar-refractivity contribution in [2.75, 3.05) is 20.8 Å². The van der Waals surface area contributed by atoms with Gasteiger partial charge in [0, 0.05) is 0 Å². The molecule has 0 heterocycles. The molecule has 2 aromatic carbocycles. The molecule has 2 atom stereocenters. The number of hydrogen-bond acceptors (Lipinski definition) is 4. The zero-order valence-electron chi connectivity index (χ0n) is 14.7. The molecule has 2 aromatic rings. The first kappa shape index (κ1) is 18.0. The standard InChI is InChI=1S/C20H25NO3/c1-5-24-20(22)15(2)21(3)19(16-10-7-6-8-11-16)17-12-9-13-18(14-17)23-4/h6-15,19H,5H2,1-4H3. The lowest BCUT2D eigenvalue weighted by Crippen LogP contribution is -2.40. The number of likely N-dealkylation sites (N-methyl/N-ethyl adjacent to an activating group) is 1. The van der Waals surface area contributed by atoms with E-state index in [9.17, 15) is 4.79 Å². The Hall–Kier alpha value is -2.33. The van der Waals surface area contributed by atoms with Gasteiger partial charge in [-0.25, -0.2) is 0 Å². The van der Waals surface area contributed by atoms with Gasteiger partial charge >= 0.3 is 5.97 Å². The third-order valence-electron chi connectivity index (χ3n) is 4.17. The molecule has 0 aliphatic rings. The summed E-state index contributed by atoms with van der Waals surface area (Å²) in [7, 11) is 3.60. The molecule has 2 unspecified atom stereocenters. The van der Waals surface area contributed by atoms with E-state index in [0.29, 0.717) is 6.61 Å². The molecule has 4 heteroatoms. The van der Waals surface area contributed by atoms with Crippen LogP contribution in [0.5, 0.6) is 5.75 Å². The van der Waals surface area contributed by atoms with Crippen molar-refractivity contribution in [1.82, 2.24) is 4.90 Å². The second kappa shape index (κ2) is 8.50. The van der Waals surface area contributed by atoms with Crippen molar-refractivity contribution in [3.8, 4) is 5.75 Å². The Kier molecular flexibility index (Phi) is 6.38. The largest absolute Gasteiger partial charge is 0.497 e. The molecule has 0 bridgehead atoms. The molecule has 24 heavy (non-hydrogen) atoms. The van der Waals surface area contributed by atoms with Crippen LogP contribution in [0, 0.1) is 0 Å². The van der Waals surface area contributed by atoms with Gasteiger partial charge in [0.05, 0.1) is 19.8 Å². The van der Waals surface area contributed by atoms with Crippen LogP contribution in [-0.2, 0) is 9.53 Å². The van der Waals surface area contributed by atoms with Gasteiger partial charge in [0.1, 0.15) is 11.8 Å². The van der Waals surface area contributed by atoms with E-state index in [0.717, 1.165) is 16.9 Å². The number of hydrogen-bond donors (Lipinski definition) is 0. The van der Waals surface area contributed by atoms with E-state index in [1.165, 1.54) is 0 Å². The topological polar surface area (TPSA) is 38.8 Å². The summed E-state index contributed by atoms with van der Waals surface area (Å²) in [5, 5.41) is 0. The summed E-state index contributed by atoms with van der Waals surface area (Å²) in [5.41, 5.74) is 2.18. The lowest BCUT2D eigenvalue weighted by atomic mass is 9.96. The molecule has 0 radical (unpaired) electrons. The van der Waals surface area contributed by atoms with E-state index in [1.54, 1.807) is 7.11 Å². The van der Waals surface area contributed by atoms with E-state index < -0.39 is 0 Å². The second-order valence-corrected chi connectivity index (χ2v) is 5.68. The maximum absolute atomic E-state index is 12.2. The Morgan fingerprint density at radius 2 is 1.75 bits per heavy atom. The Morgan fingerprint density at radius 1 is 1.08 bits per heavy atom. The highest BCUT2D eigenvalue weighted by Crippen LogP contribution is 2.31. The van der Waals surface area contributed by atoms with E-state index in [1.807, 2.05) is 62.2 Å². The van der Waals surface area contributed by atoms with E-state index in [2.05, 4.69) is 18.2 Å². The molecule has 0 fully saturated rings. The summed E-state index contributed by atoms with van der Waals surface area (Å²) in [5.74, 6) is 0.578. The average molecular weight is 327 g/mol. The molecule has 0 aromatic heterocycles. The van der Waals surface area contributed by atoms with Crippen molar-refractivity contribution in [3.05, 3.63) is 65.7 Å². The van der Waals surface area contributed by atoms with Crippen LogP contribution in [-0.4, -0.2) is 37.7 Å². The second-order valence-electron chi connectivity index (χ2n) is 5.68. The number of carbonyl (C=O) groups is 1. The van der Waals surface area contributed by atoms with E-state index in [4.69, 9.17) is 9.47 Å². The lowest BCUT2D eigenvalue weighted by Gasteiger charge is -2.32. The van der Waals surface area contributed by atoms with Crippen molar-refractivity contribution in [3.63, 3.8) is 0 Å². The first-order valence-electron chi connectivity index (χ1n) is 8.16. The summed E-state index contributed by atoms with van der Waals surface area (Å²) < 4.78 is 10.5. The van der Waals surface area contributed by atoms with Gasteiger partial charge in [-0.3, -0.25) is 9.69 Å². The molecule has 0 saturated carbocycles. The Morgan fingerprint density at radius 3 is 2.38 bits per heavy atom. The summed E-state index contributed by atoms with van der Waals surface area (Å²) in [4.78, 5) is 14.2.